The average molecular weight is 502 g/mol. The van der Waals surface area contributed by atoms with Crippen molar-refractivity contribution in [2.24, 2.45) is 4.99 Å². The molecular formula is C24H22BrClN2O3. The Bertz CT molecular complexity index is 1130. The van der Waals surface area contributed by atoms with Gasteiger partial charge < -0.3 is 14.8 Å². The molecule has 0 radical (unpaired) electrons. The summed E-state index contributed by atoms with van der Waals surface area (Å²) in [7, 11) is 1.55. The summed E-state index contributed by atoms with van der Waals surface area (Å²) >= 11 is 9.66. The maximum absolute atomic E-state index is 12.3. The van der Waals surface area contributed by atoms with E-state index in [-0.39, 0.29) is 12.5 Å². The number of rotatable bonds is 7. The minimum absolute atomic E-state index is 0.155. The Morgan fingerprint density at radius 3 is 2.68 bits per heavy atom. The van der Waals surface area contributed by atoms with Gasteiger partial charge in [-0.2, -0.15) is 0 Å². The summed E-state index contributed by atoms with van der Waals surface area (Å²) in [5, 5.41) is 3.49. The number of hydrogen-bond acceptors (Lipinski definition) is 4. The molecule has 0 aliphatic carbocycles. The highest BCUT2D eigenvalue weighted by molar-refractivity contribution is 9.10. The molecule has 1 N–H and O–H groups in total. The van der Waals surface area contributed by atoms with E-state index >= 15 is 0 Å². The number of benzene rings is 3. The second-order valence-corrected chi connectivity index (χ2v) is 8.14. The number of hydrogen-bond donors (Lipinski definition) is 1. The van der Waals surface area contributed by atoms with Gasteiger partial charge >= 0.3 is 0 Å². The maximum Gasteiger partial charge on any atom is 0.262 e. The molecule has 0 aliphatic rings. The van der Waals surface area contributed by atoms with Crippen molar-refractivity contribution in [3.63, 3.8) is 0 Å². The first-order valence-electron chi connectivity index (χ1n) is 9.53. The van der Waals surface area contributed by atoms with Crippen LogP contribution in [0.25, 0.3) is 0 Å². The summed E-state index contributed by atoms with van der Waals surface area (Å²) in [6.45, 7) is 3.73. The maximum atomic E-state index is 12.3. The van der Waals surface area contributed by atoms with Crippen LogP contribution in [0.5, 0.6) is 11.5 Å². The molecule has 31 heavy (non-hydrogen) atoms. The van der Waals surface area contributed by atoms with E-state index in [1.807, 2.05) is 62.4 Å². The van der Waals surface area contributed by atoms with E-state index < -0.39 is 0 Å². The fourth-order valence-corrected chi connectivity index (χ4v) is 3.64. The van der Waals surface area contributed by atoms with Crippen LogP contribution in [0.15, 0.2) is 64.1 Å². The molecule has 0 aromatic heterocycles. The molecule has 0 heterocycles. The van der Waals surface area contributed by atoms with Crippen molar-refractivity contribution in [1.82, 2.24) is 0 Å². The summed E-state index contributed by atoms with van der Waals surface area (Å²) in [5.41, 5.74) is 4.29. The number of carbonyl (C=O) groups is 1. The van der Waals surface area contributed by atoms with Crippen LogP contribution >= 0.6 is 27.5 Å². The Kier molecular flexibility index (Phi) is 7.71. The molecule has 160 valence electrons. The van der Waals surface area contributed by atoms with Crippen LogP contribution in [-0.2, 0) is 4.79 Å². The summed E-state index contributed by atoms with van der Waals surface area (Å²) in [4.78, 5) is 16.8. The van der Waals surface area contributed by atoms with Gasteiger partial charge in [-0.25, -0.2) is 0 Å². The molecule has 0 fully saturated rings. The minimum Gasteiger partial charge on any atom is -0.493 e. The van der Waals surface area contributed by atoms with Crippen molar-refractivity contribution in [3.8, 4) is 11.5 Å². The molecule has 3 aromatic rings. The first kappa shape index (κ1) is 22.8. The fraction of sp³-hybridized carbons (Fsp3) is 0.167. The van der Waals surface area contributed by atoms with Gasteiger partial charge in [0.05, 0.1) is 17.3 Å². The Labute approximate surface area is 195 Å². The first-order valence-corrected chi connectivity index (χ1v) is 10.7. The largest absolute Gasteiger partial charge is 0.493 e. The number of nitrogens with one attached hydrogen (secondary N) is 1. The van der Waals surface area contributed by atoms with Crippen LogP contribution < -0.4 is 14.8 Å². The molecule has 5 nitrogen and oxygen atoms in total. The minimum atomic E-state index is -0.262. The van der Waals surface area contributed by atoms with Gasteiger partial charge in [0.15, 0.2) is 18.1 Å². The van der Waals surface area contributed by atoms with E-state index in [2.05, 4.69) is 26.2 Å². The van der Waals surface area contributed by atoms with E-state index in [1.165, 1.54) is 0 Å². The molecular weight excluding hydrogens is 480 g/mol. The molecule has 1 amide bonds. The fourth-order valence-electron chi connectivity index (χ4n) is 2.89. The lowest BCUT2D eigenvalue weighted by atomic mass is 10.2. The van der Waals surface area contributed by atoms with Gasteiger partial charge in [0.25, 0.3) is 5.91 Å². The van der Waals surface area contributed by atoms with Crippen LogP contribution in [0.2, 0.25) is 5.02 Å². The van der Waals surface area contributed by atoms with Crippen molar-refractivity contribution in [3.05, 3.63) is 80.8 Å². The number of ether oxygens (including phenoxy) is 2. The number of amides is 1. The topological polar surface area (TPSA) is 59.9 Å². The predicted molar refractivity (Wildman–Crippen MR) is 129 cm³/mol. The van der Waals surface area contributed by atoms with Gasteiger partial charge in [0, 0.05) is 16.9 Å². The second kappa shape index (κ2) is 10.5. The number of carbonyl (C=O) groups excluding carboxylic acids is 1. The van der Waals surface area contributed by atoms with Crippen LogP contribution in [0.1, 0.15) is 16.7 Å². The third-order valence-electron chi connectivity index (χ3n) is 4.49. The number of methoxy groups -OCH3 is 1. The molecule has 0 bridgehead atoms. The zero-order chi connectivity index (χ0) is 22.4. The van der Waals surface area contributed by atoms with Gasteiger partial charge in [0.2, 0.25) is 0 Å². The monoisotopic (exact) mass is 500 g/mol. The van der Waals surface area contributed by atoms with Crippen LogP contribution in [0, 0.1) is 13.8 Å². The van der Waals surface area contributed by atoms with E-state index in [4.69, 9.17) is 21.1 Å². The molecule has 0 saturated heterocycles. The molecule has 0 unspecified atom stereocenters. The van der Waals surface area contributed by atoms with Crippen molar-refractivity contribution in [1.29, 1.82) is 0 Å². The highest BCUT2D eigenvalue weighted by Gasteiger charge is 2.13. The number of nitrogens with zero attached hydrogens (tertiary/aromatic N) is 1. The lowest BCUT2D eigenvalue weighted by Crippen LogP contribution is -2.20. The van der Waals surface area contributed by atoms with E-state index in [0.717, 1.165) is 28.1 Å². The lowest BCUT2D eigenvalue weighted by molar-refractivity contribution is -0.118. The van der Waals surface area contributed by atoms with Crippen molar-refractivity contribution < 1.29 is 14.3 Å². The normalized spacial score (nSPS) is 10.9. The molecule has 0 spiro atoms. The molecule has 7 heteroatoms. The number of halogens is 2. The Hall–Kier alpha value is -2.83. The van der Waals surface area contributed by atoms with E-state index in [1.54, 1.807) is 19.4 Å². The van der Waals surface area contributed by atoms with Gasteiger partial charge in [-0.15, -0.1) is 0 Å². The highest BCUT2D eigenvalue weighted by atomic mass is 79.9. The Morgan fingerprint density at radius 2 is 1.94 bits per heavy atom. The lowest BCUT2D eigenvalue weighted by Gasteiger charge is -2.13. The van der Waals surface area contributed by atoms with Crippen molar-refractivity contribution in [2.45, 2.75) is 13.8 Å². The van der Waals surface area contributed by atoms with E-state index in [9.17, 15) is 4.79 Å². The average Bonchev–Trinajstić information content (AvgIpc) is 2.73. The zero-order valence-electron chi connectivity index (χ0n) is 17.4. The smallest absolute Gasteiger partial charge is 0.262 e. The Morgan fingerprint density at radius 1 is 1.16 bits per heavy atom. The van der Waals surface area contributed by atoms with Crippen molar-refractivity contribution >= 4 is 51.0 Å². The highest BCUT2D eigenvalue weighted by Crippen LogP contribution is 2.36. The summed E-state index contributed by atoms with van der Waals surface area (Å²) < 4.78 is 11.8. The third-order valence-corrected chi connectivity index (χ3v) is 5.49. The van der Waals surface area contributed by atoms with E-state index in [0.29, 0.717) is 21.0 Å². The van der Waals surface area contributed by atoms with Gasteiger partial charge in [-0.3, -0.25) is 9.79 Å². The zero-order valence-corrected chi connectivity index (χ0v) is 19.8. The van der Waals surface area contributed by atoms with Crippen LogP contribution in [0.3, 0.4) is 0 Å². The van der Waals surface area contributed by atoms with Crippen LogP contribution in [0.4, 0.5) is 11.4 Å². The quantitative estimate of drug-likeness (QED) is 0.376. The number of aryl methyl sites for hydroxylation is 1. The SMILES string of the molecule is COc1cc(C=Nc2cccc(Cl)c2C)cc(Br)c1OCC(=O)Nc1cccc(C)c1. The first-order chi connectivity index (χ1) is 14.9. The number of aliphatic imine (C=N–C) groups is 1. The third kappa shape index (κ3) is 6.09. The van der Waals surface area contributed by atoms with Crippen molar-refractivity contribution in [2.75, 3.05) is 19.0 Å². The van der Waals surface area contributed by atoms with Gasteiger partial charge in [-0.05, 0) is 82.9 Å². The van der Waals surface area contributed by atoms with Gasteiger partial charge in [-0.1, -0.05) is 29.8 Å². The summed E-state index contributed by atoms with van der Waals surface area (Å²) in [5.74, 6) is 0.668. The Balaban J connectivity index is 1.72. The molecule has 3 aromatic carbocycles. The summed E-state index contributed by atoms with van der Waals surface area (Å²) in [6.07, 6.45) is 1.72. The molecule has 3 rings (SSSR count). The predicted octanol–water partition coefficient (Wildman–Crippen LogP) is 6.50. The van der Waals surface area contributed by atoms with Gasteiger partial charge in [0.1, 0.15) is 0 Å². The van der Waals surface area contributed by atoms with Crippen LogP contribution in [-0.4, -0.2) is 25.8 Å². The second-order valence-electron chi connectivity index (χ2n) is 6.88. The molecule has 0 saturated carbocycles. The summed E-state index contributed by atoms with van der Waals surface area (Å²) in [6, 6.07) is 16.8. The number of anilines is 1. The molecule has 0 aliphatic heterocycles. The standard InChI is InChI=1S/C24H22BrClN2O3/c1-15-6-4-7-18(10-15)28-23(29)14-31-24-19(25)11-17(12-22(24)30-3)13-27-21-9-5-8-20(26)16(21)2/h4-13H,14H2,1-3H3,(H,28,29). The molecule has 0 atom stereocenters.